The summed E-state index contributed by atoms with van der Waals surface area (Å²) in [7, 11) is 0. The van der Waals surface area contributed by atoms with E-state index in [1.807, 2.05) is 0 Å². The third-order valence-electron chi connectivity index (χ3n) is 5.52. The number of carbonyl (C=O) groups is 2. The van der Waals surface area contributed by atoms with Crippen molar-refractivity contribution in [3.8, 4) is 0 Å². The molecule has 5 heteroatoms. The van der Waals surface area contributed by atoms with Gasteiger partial charge < -0.3 is 5.32 Å². The van der Waals surface area contributed by atoms with E-state index in [-0.39, 0.29) is 23.9 Å². The zero-order valence-corrected chi connectivity index (χ0v) is 13.8. The maximum Gasteiger partial charge on any atom is 0.373 e. The van der Waals surface area contributed by atoms with Crippen LogP contribution in [0.1, 0.15) is 52.4 Å². The zero-order chi connectivity index (χ0) is 17.0. The summed E-state index contributed by atoms with van der Waals surface area (Å²) in [5, 5.41) is 3.18. The van der Waals surface area contributed by atoms with Gasteiger partial charge in [-0.15, -0.1) is 0 Å². The molecule has 126 valence electrons. The molecule has 2 fully saturated rings. The zero-order valence-electron chi connectivity index (χ0n) is 13.8. The second kappa shape index (κ2) is 7.69. The lowest BCUT2D eigenvalue weighted by atomic mass is 9.75. The second-order valence-electron chi connectivity index (χ2n) is 6.81. The fourth-order valence-corrected chi connectivity index (χ4v) is 4.00. The van der Waals surface area contributed by atoms with Crippen molar-refractivity contribution in [2.45, 2.75) is 58.4 Å². The Bertz CT molecular complexity index is 533. The van der Waals surface area contributed by atoms with Crippen molar-refractivity contribution in [2.24, 2.45) is 23.7 Å². The van der Waals surface area contributed by atoms with Crippen molar-refractivity contribution in [1.29, 1.82) is 0 Å². The molecule has 23 heavy (non-hydrogen) atoms. The predicted octanol–water partition coefficient (Wildman–Crippen LogP) is 2.27. The van der Waals surface area contributed by atoms with Crippen LogP contribution in [0, 0.1) is 23.7 Å². The van der Waals surface area contributed by atoms with Gasteiger partial charge in [-0.1, -0.05) is 26.3 Å². The van der Waals surface area contributed by atoms with Crippen molar-refractivity contribution in [3.05, 3.63) is 11.6 Å². The Morgan fingerprint density at radius 2 is 1.91 bits per heavy atom. The van der Waals surface area contributed by atoms with Crippen LogP contribution in [0.3, 0.4) is 0 Å². The van der Waals surface area contributed by atoms with E-state index in [9.17, 15) is 9.59 Å². The van der Waals surface area contributed by atoms with E-state index >= 15 is 0 Å². The molecule has 3 rings (SSSR count). The molecule has 0 saturated heterocycles. The molecule has 3 aliphatic rings. The molecule has 5 nitrogen and oxygen atoms in total. The third-order valence-corrected chi connectivity index (χ3v) is 5.52. The molecule has 2 saturated carbocycles. The molecule has 0 aromatic heterocycles. The summed E-state index contributed by atoms with van der Waals surface area (Å²) in [5.74, 6) is 1.88. The minimum atomic E-state index is 0.105. The molecule has 3 aliphatic carbocycles. The summed E-state index contributed by atoms with van der Waals surface area (Å²) in [5.41, 5.74) is 0.917. The highest BCUT2D eigenvalue weighted by Crippen LogP contribution is 2.44. The van der Waals surface area contributed by atoms with Crippen molar-refractivity contribution in [2.75, 3.05) is 0 Å². The van der Waals surface area contributed by atoms with Crippen molar-refractivity contribution in [3.63, 3.8) is 0 Å². The molecule has 0 aromatic rings. The minimum absolute atomic E-state index is 0.105. The molecule has 5 atom stereocenters. The first-order chi connectivity index (χ1) is 11.0. The summed E-state index contributed by atoms with van der Waals surface area (Å²) >= 11 is 0. The first-order valence-electron chi connectivity index (χ1n) is 8.60. The Kier molecular flexibility index (Phi) is 5.89. The number of carbonyl (C=O) groups excluding carboxylic acids is 4. The van der Waals surface area contributed by atoms with Gasteiger partial charge >= 0.3 is 6.15 Å². The summed E-state index contributed by atoms with van der Waals surface area (Å²) in [6, 6.07) is 0.381. The maximum atomic E-state index is 12.5. The molecule has 0 radical (unpaired) electrons. The number of rotatable bonds is 4. The molecule has 0 spiro atoms. The highest BCUT2D eigenvalue weighted by atomic mass is 16.2. The maximum absolute atomic E-state index is 12.5. The number of nitrogens with one attached hydrogen (secondary N) is 1. The van der Waals surface area contributed by atoms with Crippen molar-refractivity contribution in [1.82, 2.24) is 5.32 Å². The number of hydrogen-bond acceptors (Lipinski definition) is 4. The lowest BCUT2D eigenvalue weighted by Gasteiger charge is -2.30. The van der Waals surface area contributed by atoms with Gasteiger partial charge in [0.15, 0.2) is 0 Å². The van der Waals surface area contributed by atoms with Crippen LogP contribution in [0.2, 0.25) is 0 Å². The molecule has 0 aromatic carbocycles. The Morgan fingerprint density at radius 3 is 2.48 bits per heavy atom. The number of hydrogen-bond donors (Lipinski definition) is 1. The van der Waals surface area contributed by atoms with Gasteiger partial charge in [-0.05, 0) is 43.4 Å². The summed E-state index contributed by atoms with van der Waals surface area (Å²) in [4.78, 5) is 40.8. The Labute approximate surface area is 136 Å². The number of amides is 1. The first-order valence-corrected chi connectivity index (χ1v) is 8.60. The highest BCUT2D eigenvalue weighted by molar-refractivity contribution is 5.97. The van der Waals surface area contributed by atoms with Gasteiger partial charge in [-0.2, -0.15) is 9.59 Å². The molecule has 1 amide bonds. The largest absolute Gasteiger partial charge is 0.373 e. The van der Waals surface area contributed by atoms with Crippen molar-refractivity contribution < 1.29 is 19.2 Å². The van der Waals surface area contributed by atoms with E-state index in [2.05, 4.69) is 25.2 Å². The number of Topliss-reactive ketones (excluding diaryl/α,β-unsaturated/α-hetero) is 1. The SMILES string of the molecule is CC[C@H]1C=C(C(=O)N[C@H]2C[C@@H]2CC)[C@H]2CCC(=O)[C@H]2C1.O=C=O. The molecule has 0 heterocycles. The van der Waals surface area contributed by atoms with Gasteiger partial charge in [-0.25, -0.2) is 0 Å². The Hall–Kier alpha value is -1.74. The monoisotopic (exact) mass is 319 g/mol. The van der Waals surface area contributed by atoms with Gasteiger partial charge in [0, 0.05) is 24.0 Å². The topological polar surface area (TPSA) is 80.3 Å². The van der Waals surface area contributed by atoms with Gasteiger partial charge in [0.25, 0.3) is 0 Å². The number of allylic oxidation sites excluding steroid dienone is 1. The van der Waals surface area contributed by atoms with Gasteiger partial charge in [0.05, 0.1) is 0 Å². The van der Waals surface area contributed by atoms with E-state index in [4.69, 9.17) is 9.59 Å². The normalized spacial score (nSPS) is 34.4. The molecule has 0 unspecified atom stereocenters. The average molecular weight is 319 g/mol. The molecular weight excluding hydrogens is 294 g/mol. The number of ketones is 1. The van der Waals surface area contributed by atoms with Gasteiger partial charge in [0.2, 0.25) is 5.91 Å². The van der Waals surface area contributed by atoms with E-state index in [0.29, 0.717) is 30.1 Å². The van der Waals surface area contributed by atoms with Crippen LogP contribution < -0.4 is 5.32 Å². The number of fused-ring (bicyclic) bond motifs is 1. The highest BCUT2D eigenvalue weighted by Gasteiger charge is 2.44. The van der Waals surface area contributed by atoms with Crippen LogP contribution in [0.25, 0.3) is 0 Å². The van der Waals surface area contributed by atoms with Crippen molar-refractivity contribution >= 4 is 17.8 Å². The quantitative estimate of drug-likeness (QED) is 0.862. The lowest BCUT2D eigenvalue weighted by Crippen LogP contribution is -2.35. The Morgan fingerprint density at radius 1 is 1.22 bits per heavy atom. The van der Waals surface area contributed by atoms with E-state index in [1.54, 1.807) is 0 Å². The summed E-state index contributed by atoms with van der Waals surface area (Å²) in [6.45, 7) is 4.32. The third kappa shape index (κ3) is 3.97. The van der Waals surface area contributed by atoms with Crippen LogP contribution in [-0.4, -0.2) is 23.9 Å². The van der Waals surface area contributed by atoms with Crippen LogP contribution in [0.4, 0.5) is 0 Å². The molecule has 0 aliphatic heterocycles. The fourth-order valence-electron chi connectivity index (χ4n) is 4.00. The first kappa shape index (κ1) is 17.6. The predicted molar refractivity (Wildman–Crippen MR) is 83.0 cm³/mol. The summed E-state index contributed by atoms with van der Waals surface area (Å²) in [6.07, 6.45) is 8.20. The van der Waals surface area contributed by atoms with Gasteiger partial charge in [-0.3, -0.25) is 9.59 Å². The standard InChI is InChI=1S/C17H25NO2.CO2/c1-3-10-7-13-12(5-6-16(13)19)14(8-10)17(20)18-15-9-11(15)4-2;2-1-3/h8,10-13,15H,3-7,9H2,1-2H3,(H,18,20);/t10-,11+,12+,13+,15+;/m1./s1. The van der Waals surface area contributed by atoms with Crippen LogP contribution in [0.15, 0.2) is 11.6 Å². The van der Waals surface area contributed by atoms with E-state index in [0.717, 1.165) is 37.7 Å². The fraction of sp³-hybridized carbons (Fsp3) is 0.722. The van der Waals surface area contributed by atoms with E-state index in [1.165, 1.54) is 0 Å². The van der Waals surface area contributed by atoms with Crippen LogP contribution in [-0.2, 0) is 19.2 Å². The minimum Gasteiger partial charge on any atom is -0.349 e. The molecule has 0 bridgehead atoms. The van der Waals surface area contributed by atoms with E-state index < -0.39 is 0 Å². The van der Waals surface area contributed by atoms with Gasteiger partial charge in [0.1, 0.15) is 5.78 Å². The van der Waals surface area contributed by atoms with Crippen LogP contribution >= 0.6 is 0 Å². The Balaban J connectivity index is 0.000000595. The van der Waals surface area contributed by atoms with Crippen LogP contribution in [0.5, 0.6) is 0 Å². The molecule has 1 N–H and O–H groups in total. The average Bonchev–Trinajstić information content (AvgIpc) is 3.20. The lowest BCUT2D eigenvalue weighted by molar-refractivity contribution is -0.191. The summed E-state index contributed by atoms with van der Waals surface area (Å²) < 4.78 is 0. The smallest absolute Gasteiger partial charge is 0.349 e. The second-order valence-corrected chi connectivity index (χ2v) is 6.81. The molecular formula is C18H25NO4.